The maximum absolute atomic E-state index is 10.7. The van der Waals surface area contributed by atoms with Crippen molar-refractivity contribution in [2.75, 3.05) is 7.05 Å². The molecule has 0 saturated carbocycles. The lowest BCUT2D eigenvalue weighted by molar-refractivity contribution is -0.111. The zero-order valence-electron chi connectivity index (χ0n) is 6.09. The molecule has 0 aliphatic rings. The van der Waals surface area contributed by atoms with Crippen molar-refractivity contribution in [3.05, 3.63) is 11.9 Å². The molecule has 0 radical (unpaired) electrons. The van der Waals surface area contributed by atoms with Gasteiger partial charge in [0, 0.05) is 20.2 Å². The number of ketones is 1. The van der Waals surface area contributed by atoms with Gasteiger partial charge in [0.15, 0.2) is 5.78 Å². The molecule has 0 aromatic carbocycles. The molecular weight excluding hydrogens is 130 g/mol. The van der Waals surface area contributed by atoms with E-state index in [1.54, 1.807) is 0 Å². The van der Waals surface area contributed by atoms with Crippen molar-refractivity contribution in [2.45, 2.75) is 6.92 Å². The van der Waals surface area contributed by atoms with Gasteiger partial charge in [-0.3, -0.25) is 9.79 Å². The second-order valence-electron chi connectivity index (χ2n) is 1.75. The van der Waals surface area contributed by atoms with Crippen molar-refractivity contribution in [2.24, 2.45) is 16.5 Å². The minimum absolute atomic E-state index is 0.179. The molecule has 0 fully saturated rings. The van der Waals surface area contributed by atoms with Gasteiger partial charge in [-0.15, -0.1) is 0 Å². The van der Waals surface area contributed by atoms with Gasteiger partial charge in [0.05, 0.1) is 5.70 Å². The summed E-state index contributed by atoms with van der Waals surface area (Å²) >= 11 is 0. The molecule has 0 amide bonds. The number of allylic oxidation sites excluding steroid dienone is 1. The molecule has 0 heterocycles. The van der Waals surface area contributed by atoms with E-state index in [2.05, 4.69) is 4.99 Å². The molecule has 0 aliphatic carbocycles. The van der Waals surface area contributed by atoms with Gasteiger partial charge in [-0.25, -0.2) is 0 Å². The number of carbonyl (C=O) groups excluding carboxylic acids is 1. The van der Waals surface area contributed by atoms with Crippen LogP contribution in [0.2, 0.25) is 0 Å². The van der Waals surface area contributed by atoms with Gasteiger partial charge >= 0.3 is 0 Å². The minimum Gasteiger partial charge on any atom is -0.403 e. The summed E-state index contributed by atoms with van der Waals surface area (Å²) in [7, 11) is 1.49. The van der Waals surface area contributed by atoms with Crippen molar-refractivity contribution >= 4 is 11.5 Å². The fourth-order valence-electron chi connectivity index (χ4n) is 0.569. The predicted octanol–water partition coefficient (Wildman–Crippen LogP) is -0.595. The number of aliphatic imine (C=N–C) groups is 1. The Hall–Kier alpha value is -1.32. The third-order valence-corrected chi connectivity index (χ3v) is 1.01. The smallest absolute Gasteiger partial charge is 0.179 e. The normalized spacial score (nSPS) is 13.4. The second-order valence-corrected chi connectivity index (χ2v) is 1.75. The van der Waals surface area contributed by atoms with Gasteiger partial charge < -0.3 is 11.5 Å². The molecule has 4 heteroatoms. The van der Waals surface area contributed by atoms with Gasteiger partial charge in [-0.05, 0) is 0 Å². The van der Waals surface area contributed by atoms with Crippen LogP contribution in [0.4, 0.5) is 0 Å². The SMILES string of the molecule is CN=C(C(C)=O)C(N)=CN. The van der Waals surface area contributed by atoms with E-state index in [1.165, 1.54) is 14.0 Å². The molecule has 0 aliphatic heterocycles. The Balaban J connectivity index is 4.56. The third kappa shape index (κ3) is 1.89. The summed E-state index contributed by atoms with van der Waals surface area (Å²) in [6, 6.07) is 0. The third-order valence-electron chi connectivity index (χ3n) is 1.01. The van der Waals surface area contributed by atoms with E-state index in [9.17, 15) is 4.79 Å². The molecular formula is C6H11N3O. The van der Waals surface area contributed by atoms with Crippen LogP contribution in [-0.2, 0) is 4.79 Å². The van der Waals surface area contributed by atoms with Crippen LogP contribution in [0, 0.1) is 0 Å². The number of carbonyl (C=O) groups is 1. The average Bonchev–Trinajstić information content (AvgIpc) is 1.88. The standard InChI is InChI=1S/C6H11N3O/c1-4(10)6(9-2)5(8)3-7/h3H,7-8H2,1-2H3. The zero-order chi connectivity index (χ0) is 8.15. The zero-order valence-corrected chi connectivity index (χ0v) is 6.09. The first-order valence-electron chi connectivity index (χ1n) is 2.79. The summed E-state index contributed by atoms with van der Waals surface area (Å²) in [6.07, 6.45) is 1.16. The number of nitrogens with two attached hydrogens (primary N) is 2. The van der Waals surface area contributed by atoms with Crippen molar-refractivity contribution < 1.29 is 4.79 Å². The monoisotopic (exact) mass is 141 g/mol. The van der Waals surface area contributed by atoms with Crippen molar-refractivity contribution in [3.63, 3.8) is 0 Å². The average molecular weight is 141 g/mol. The Labute approximate surface area is 59.6 Å². The van der Waals surface area contributed by atoms with Gasteiger partial charge in [-0.1, -0.05) is 0 Å². The van der Waals surface area contributed by atoms with E-state index >= 15 is 0 Å². The molecule has 0 aromatic rings. The van der Waals surface area contributed by atoms with Crippen LogP contribution in [0.5, 0.6) is 0 Å². The predicted molar refractivity (Wildman–Crippen MR) is 40.5 cm³/mol. The Bertz CT molecular complexity index is 193. The lowest BCUT2D eigenvalue weighted by Crippen LogP contribution is -2.20. The fourth-order valence-corrected chi connectivity index (χ4v) is 0.569. The second kappa shape index (κ2) is 3.66. The quantitative estimate of drug-likeness (QED) is 0.504. The highest BCUT2D eigenvalue weighted by Crippen LogP contribution is 1.88. The minimum atomic E-state index is -0.179. The van der Waals surface area contributed by atoms with Crippen LogP contribution in [0.3, 0.4) is 0 Å². The van der Waals surface area contributed by atoms with Gasteiger partial charge in [0.25, 0.3) is 0 Å². The fraction of sp³-hybridized carbons (Fsp3) is 0.333. The van der Waals surface area contributed by atoms with Gasteiger partial charge in [0.1, 0.15) is 5.71 Å². The van der Waals surface area contributed by atoms with E-state index in [1.807, 2.05) is 0 Å². The first-order chi connectivity index (χ1) is 4.63. The number of rotatable bonds is 2. The largest absolute Gasteiger partial charge is 0.403 e. The number of hydrogen-bond donors (Lipinski definition) is 2. The lowest BCUT2D eigenvalue weighted by Gasteiger charge is -1.98. The Morgan fingerprint density at radius 2 is 2.10 bits per heavy atom. The Morgan fingerprint density at radius 1 is 1.60 bits per heavy atom. The summed E-state index contributed by atoms with van der Waals surface area (Å²) in [6.45, 7) is 1.39. The highest BCUT2D eigenvalue weighted by Gasteiger charge is 2.05. The number of hydrogen-bond acceptors (Lipinski definition) is 4. The van der Waals surface area contributed by atoms with E-state index in [0.717, 1.165) is 6.20 Å². The molecule has 0 atom stereocenters. The molecule has 0 bridgehead atoms. The maximum atomic E-state index is 10.7. The topological polar surface area (TPSA) is 81.5 Å². The Kier molecular flexibility index (Phi) is 3.17. The van der Waals surface area contributed by atoms with E-state index in [-0.39, 0.29) is 17.2 Å². The van der Waals surface area contributed by atoms with Crippen LogP contribution >= 0.6 is 0 Å². The number of nitrogens with zero attached hydrogens (tertiary/aromatic N) is 1. The highest BCUT2D eigenvalue weighted by molar-refractivity contribution is 6.45. The van der Waals surface area contributed by atoms with Crippen molar-refractivity contribution in [1.29, 1.82) is 0 Å². The van der Waals surface area contributed by atoms with E-state index in [4.69, 9.17) is 11.5 Å². The van der Waals surface area contributed by atoms with E-state index in [0.29, 0.717) is 0 Å². The van der Waals surface area contributed by atoms with Crippen molar-refractivity contribution in [3.8, 4) is 0 Å². The molecule has 0 saturated heterocycles. The molecule has 4 nitrogen and oxygen atoms in total. The van der Waals surface area contributed by atoms with Crippen LogP contribution < -0.4 is 11.5 Å². The number of Topliss-reactive ketones (excluding diaryl/α,β-unsaturated/α-hetero) is 1. The van der Waals surface area contributed by atoms with Gasteiger partial charge in [0.2, 0.25) is 0 Å². The molecule has 4 N–H and O–H groups in total. The lowest BCUT2D eigenvalue weighted by atomic mass is 10.2. The summed E-state index contributed by atoms with van der Waals surface area (Å²) in [5.41, 5.74) is 10.8. The molecule has 0 rings (SSSR count). The Morgan fingerprint density at radius 3 is 2.20 bits per heavy atom. The van der Waals surface area contributed by atoms with Crippen LogP contribution in [0.1, 0.15) is 6.92 Å². The summed E-state index contributed by atoms with van der Waals surface area (Å²) in [5, 5.41) is 0. The highest BCUT2D eigenvalue weighted by atomic mass is 16.1. The first kappa shape index (κ1) is 8.68. The van der Waals surface area contributed by atoms with Gasteiger partial charge in [-0.2, -0.15) is 0 Å². The van der Waals surface area contributed by atoms with Crippen LogP contribution in [0.15, 0.2) is 16.9 Å². The van der Waals surface area contributed by atoms with Crippen molar-refractivity contribution in [1.82, 2.24) is 0 Å². The maximum Gasteiger partial charge on any atom is 0.179 e. The summed E-state index contributed by atoms with van der Waals surface area (Å²) < 4.78 is 0. The summed E-state index contributed by atoms with van der Waals surface area (Å²) in [5.74, 6) is -0.179. The molecule has 56 valence electrons. The molecule has 0 spiro atoms. The summed E-state index contributed by atoms with van der Waals surface area (Å²) in [4.78, 5) is 14.3. The molecule has 0 unspecified atom stereocenters. The van der Waals surface area contributed by atoms with E-state index < -0.39 is 0 Å². The van der Waals surface area contributed by atoms with Crippen LogP contribution in [0.25, 0.3) is 0 Å². The molecule has 10 heavy (non-hydrogen) atoms. The first-order valence-corrected chi connectivity index (χ1v) is 2.79. The van der Waals surface area contributed by atoms with Crippen LogP contribution in [-0.4, -0.2) is 18.5 Å². The molecule has 0 aromatic heterocycles.